The molecule has 138 valence electrons. The van der Waals surface area contributed by atoms with Gasteiger partial charge in [0.15, 0.2) is 5.12 Å². The molecular weight excluding hydrogens is 332 g/mol. The number of carbonyl (C=O) groups is 3. The molecule has 7 atom stereocenters. The first-order chi connectivity index (χ1) is 11.8. The first kappa shape index (κ1) is 17.8. The van der Waals surface area contributed by atoms with E-state index < -0.39 is 0 Å². The van der Waals surface area contributed by atoms with Gasteiger partial charge < -0.3 is 0 Å². The minimum Gasteiger partial charge on any atom is -0.299 e. The van der Waals surface area contributed by atoms with Crippen LogP contribution in [0.3, 0.4) is 0 Å². The number of fused-ring (bicyclic) bond motifs is 5. The monoisotopic (exact) mass is 362 g/mol. The summed E-state index contributed by atoms with van der Waals surface area (Å²) in [6, 6.07) is 0. The van der Waals surface area contributed by atoms with Crippen LogP contribution in [-0.4, -0.2) is 21.9 Å². The Morgan fingerprint density at radius 2 is 1.84 bits per heavy atom. The summed E-state index contributed by atoms with van der Waals surface area (Å²) < 4.78 is 0. The fourth-order valence-corrected chi connectivity index (χ4v) is 8.54. The van der Waals surface area contributed by atoms with Crippen molar-refractivity contribution in [2.24, 2.45) is 34.5 Å². The second kappa shape index (κ2) is 5.94. The van der Waals surface area contributed by atoms with Crippen molar-refractivity contribution in [1.29, 1.82) is 0 Å². The van der Waals surface area contributed by atoms with Crippen LogP contribution in [-0.2, 0) is 14.4 Å². The van der Waals surface area contributed by atoms with Crippen molar-refractivity contribution in [3.05, 3.63) is 0 Å². The Balaban J connectivity index is 1.72. The van der Waals surface area contributed by atoms with Crippen molar-refractivity contribution in [2.75, 3.05) is 0 Å². The molecule has 1 unspecified atom stereocenters. The Morgan fingerprint density at radius 3 is 2.56 bits per heavy atom. The van der Waals surface area contributed by atoms with Crippen LogP contribution in [0.5, 0.6) is 0 Å². The molecule has 0 aliphatic heterocycles. The second-order valence-corrected chi connectivity index (χ2v) is 10.9. The van der Waals surface area contributed by atoms with Gasteiger partial charge in [-0.15, -0.1) is 0 Å². The van der Waals surface area contributed by atoms with E-state index in [-0.39, 0.29) is 33.0 Å². The van der Waals surface area contributed by atoms with Crippen LogP contribution >= 0.6 is 11.8 Å². The molecule has 0 heterocycles. The van der Waals surface area contributed by atoms with E-state index in [0.29, 0.717) is 36.2 Å². The summed E-state index contributed by atoms with van der Waals surface area (Å²) in [6.45, 7) is 6.09. The molecule has 4 aliphatic rings. The molecule has 0 spiro atoms. The highest BCUT2D eigenvalue weighted by molar-refractivity contribution is 8.14. The average molecular weight is 363 g/mol. The molecule has 0 amide bonds. The summed E-state index contributed by atoms with van der Waals surface area (Å²) in [5.74, 6) is 2.07. The van der Waals surface area contributed by atoms with Gasteiger partial charge in [-0.25, -0.2) is 0 Å². The zero-order chi connectivity index (χ0) is 18.0. The van der Waals surface area contributed by atoms with Gasteiger partial charge in [-0.2, -0.15) is 0 Å². The van der Waals surface area contributed by atoms with E-state index in [1.807, 2.05) is 0 Å². The van der Waals surface area contributed by atoms with Gasteiger partial charge >= 0.3 is 0 Å². The first-order valence-electron chi connectivity index (χ1n) is 10.0. The van der Waals surface area contributed by atoms with E-state index in [2.05, 4.69) is 13.8 Å². The van der Waals surface area contributed by atoms with E-state index in [4.69, 9.17) is 0 Å². The summed E-state index contributed by atoms with van der Waals surface area (Å²) in [5, 5.41) is 0.187. The lowest BCUT2D eigenvalue weighted by Gasteiger charge is -2.59. The number of Topliss-reactive ketones (excluding diaryl/α,β-unsaturated/α-hetero) is 2. The maximum atomic E-state index is 13.0. The highest BCUT2D eigenvalue weighted by Gasteiger charge is 2.64. The number of ketones is 2. The largest absolute Gasteiger partial charge is 0.299 e. The molecule has 0 radical (unpaired) electrons. The summed E-state index contributed by atoms with van der Waals surface area (Å²) >= 11 is 1.36. The summed E-state index contributed by atoms with van der Waals surface area (Å²) in [6.07, 6.45) is 7.83. The van der Waals surface area contributed by atoms with Crippen molar-refractivity contribution in [3.8, 4) is 0 Å². The van der Waals surface area contributed by atoms with Gasteiger partial charge in [0, 0.05) is 36.3 Å². The number of hydrogen-bond donors (Lipinski definition) is 0. The van der Waals surface area contributed by atoms with E-state index in [1.54, 1.807) is 6.92 Å². The molecule has 0 aromatic rings. The van der Waals surface area contributed by atoms with Crippen LogP contribution < -0.4 is 0 Å². The molecule has 4 aliphatic carbocycles. The molecule has 0 aromatic carbocycles. The van der Waals surface area contributed by atoms with Gasteiger partial charge in [0.05, 0.1) is 0 Å². The normalized spacial score (nSPS) is 49.3. The fourth-order valence-electron chi connectivity index (χ4n) is 7.23. The van der Waals surface area contributed by atoms with E-state index in [9.17, 15) is 14.4 Å². The second-order valence-electron chi connectivity index (χ2n) is 9.50. The molecule has 25 heavy (non-hydrogen) atoms. The zero-order valence-electron chi connectivity index (χ0n) is 15.7. The minimum absolute atomic E-state index is 0.0827. The average Bonchev–Trinajstić information content (AvgIpc) is 2.77. The lowest BCUT2D eigenvalue weighted by atomic mass is 9.45. The van der Waals surface area contributed by atoms with Gasteiger partial charge in [0.25, 0.3) is 0 Å². The number of carbonyl (C=O) groups excluding carboxylic acids is 3. The maximum Gasteiger partial charge on any atom is 0.186 e. The highest BCUT2D eigenvalue weighted by Crippen LogP contribution is 2.65. The third-order valence-corrected chi connectivity index (χ3v) is 9.45. The molecule has 4 heteroatoms. The number of rotatable bonds is 1. The molecule has 0 aromatic heterocycles. The van der Waals surface area contributed by atoms with Crippen LogP contribution in [0.2, 0.25) is 0 Å². The Bertz CT molecular complexity index is 629. The summed E-state index contributed by atoms with van der Waals surface area (Å²) in [5.41, 5.74) is -0.191. The van der Waals surface area contributed by atoms with Crippen molar-refractivity contribution in [3.63, 3.8) is 0 Å². The van der Waals surface area contributed by atoms with E-state index in [1.165, 1.54) is 24.6 Å². The lowest BCUT2D eigenvalue weighted by molar-refractivity contribution is -0.155. The van der Waals surface area contributed by atoms with Crippen molar-refractivity contribution in [2.45, 2.75) is 77.4 Å². The maximum absolute atomic E-state index is 13.0. The number of hydrogen-bond acceptors (Lipinski definition) is 4. The van der Waals surface area contributed by atoms with Gasteiger partial charge in [0.2, 0.25) is 0 Å². The molecule has 0 bridgehead atoms. The summed E-state index contributed by atoms with van der Waals surface area (Å²) in [7, 11) is 0. The Kier molecular flexibility index (Phi) is 4.22. The lowest BCUT2D eigenvalue weighted by Crippen LogP contribution is -2.56. The van der Waals surface area contributed by atoms with Gasteiger partial charge in [-0.1, -0.05) is 38.5 Å². The molecule has 0 saturated heterocycles. The van der Waals surface area contributed by atoms with Crippen molar-refractivity contribution < 1.29 is 14.4 Å². The molecule has 0 N–H and O–H groups in total. The summed E-state index contributed by atoms with van der Waals surface area (Å²) in [4.78, 5) is 37.6. The van der Waals surface area contributed by atoms with Crippen LogP contribution in [0.4, 0.5) is 0 Å². The molecule has 4 saturated carbocycles. The predicted molar refractivity (Wildman–Crippen MR) is 99.2 cm³/mol. The third-order valence-electron chi connectivity index (χ3n) is 8.36. The first-order valence-corrected chi connectivity index (χ1v) is 10.9. The van der Waals surface area contributed by atoms with Crippen LogP contribution in [0.25, 0.3) is 0 Å². The van der Waals surface area contributed by atoms with E-state index in [0.717, 1.165) is 25.7 Å². The predicted octanol–water partition coefficient (Wildman–Crippen LogP) is 4.43. The van der Waals surface area contributed by atoms with Gasteiger partial charge in [0.1, 0.15) is 11.6 Å². The number of thioether (sulfide) groups is 1. The molecular formula is C21H30O3S. The quantitative estimate of drug-likeness (QED) is 0.692. The van der Waals surface area contributed by atoms with Crippen LogP contribution in [0, 0.1) is 34.5 Å². The van der Waals surface area contributed by atoms with Crippen LogP contribution in [0.1, 0.15) is 72.1 Å². The van der Waals surface area contributed by atoms with Crippen molar-refractivity contribution in [1.82, 2.24) is 0 Å². The highest BCUT2D eigenvalue weighted by atomic mass is 32.2. The Hall–Kier alpha value is -0.640. The van der Waals surface area contributed by atoms with Gasteiger partial charge in [-0.05, 0) is 48.9 Å². The fraction of sp³-hybridized carbons (Fsp3) is 0.857. The Labute approximate surface area is 155 Å². The van der Waals surface area contributed by atoms with Crippen LogP contribution in [0.15, 0.2) is 0 Å². The third kappa shape index (κ3) is 2.49. The van der Waals surface area contributed by atoms with Gasteiger partial charge in [-0.3, -0.25) is 14.4 Å². The smallest absolute Gasteiger partial charge is 0.186 e. The standard InChI is InChI=1S/C21H30O3S/c1-12(22)25-17-11-18(24)21(3)9-7-14-13(19(17)21)10-16(23)15-6-4-5-8-20(14,15)2/h13-15,17,19H,4-11H2,1-3H3/t13-,14+,15-,17?,19-,20-,21-/m1/s1. The van der Waals surface area contributed by atoms with Crippen molar-refractivity contribution >= 4 is 28.4 Å². The zero-order valence-corrected chi connectivity index (χ0v) is 16.5. The molecule has 3 nitrogen and oxygen atoms in total. The van der Waals surface area contributed by atoms with E-state index >= 15 is 0 Å². The minimum atomic E-state index is -0.313. The topological polar surface area (TPSA) is 51.2 Å². The Morgan fingerprint density at radius 1 is 1.08 bits per heavy atom. The molecule has 4 fully saturated rings. The SMILES string of the molecule is CC(=O)SC1CC(=O)[C@@]2(C)CC[C@H]3[C@@H](CC(=O)[C@H]4CCCC[C@@]43C)[C@H]12. The molecule has 4 rings (SSSR count).